The predicted octanol–water partition coefficient (Wildman–Crippen LogP) is 5.66. The Labute approximate surface area is 109 Å². The molecule has 0 aliphatic carbocycles. The Morgan fingerprint density at radius 3 is 2.19 bits per heavy atom. The summed E-state index contributed by atoms with van der Waals surface area (Å²) in [6.07, 6.45) is 7.61. The Morgan fingerprint density at radius 1 is 1.00 bits per heavy atom. The van der Waals surface area contributed by atoms with E-state index < -0.39 is 0 Å². The number of alkyl halides is 1. The summed E-state index contributed by atoms with van der Waals surface area (Å²) in [4.78, 5) is 0.535. The number of halogens is 1. The average molecular weight is 283 g/mol. The number of unbranched alkanes of at least 4 members (excludes halogenated alkanes) is 2. The fourth-order valence-corrected chi connectivity index (χ4v) is 2.45. The van der Waals surface area contributed by atoms with E-state index in [1.54, 1.807) is 0 Å². The summed E-state index contributed by atoms with van der Waals surface area (Å²) in [5.41, 5.74) is 2.90. The van der Waals surface area contributed by atoms with Crippen LogP contribution in [0.3, 0.4) is 0 Å². The lowest BCUT2D eigenvalue weighted by molar-refractivity contribution is 0.712. The molecule has 1 aromatic rings. The highest BCUT2D eigenvalue weighted by atomic mass is 79.9. The number of benzene rings is 1. The van der Waals surface area contributed by atoms with Gasteiger partial charge in [0.05, 0.1) is 0 Å². The molecule has 1 aromatic carbocycles. The van der Waals surface area contributed by atoms with Crippen LogP contribution in [0.1, 0.15) is 61.9 Å². The molecule has 1 unspecified atom stereocenters. The van der Waals surface area contributed by atoms with Crippen molar-refractivity contribution in [1.29, 1.82) is 0 Å². The summed E-state index contributed by atoms with van der Waals surface area (Å²) < 4.78 is 0. The molecule has 16 heavy (non-hydrogen) atoms. The minimum atomic E-state index is 0.535. The van der Waals surface area contributed by atoms with Gasteiger partial charge in [-0.15, -0.1) is 0 Å². The first-order chi connectivity index (χ1) is 7.77. The van der Waals surface area contributed by atoms with Crippen LogP contribution in [0, 0.1) is 0 Å². The van der Waals surface area contributed by atoms with Crippen molar-refractivity contribution in [2.24, 2.45) is 0 Å². The molecule has 0 amide bonds. The summed E-state index contributed by atoms with van der Waals surface area (Å²) in [5, 5.41) is 0. The second-order valence-electron chi connectivity index (χ2n) is 4.45. The van der Waals surface area contributed by atoms with E-state index in [9.17, 15) is 0 Å². The second kappa shape index (κ2) is 7.89. The Morgan fingerprint density at radius 2 is 1.62 bits per heavy atom. The summed E-state index contributed by atoms with van der Waals surface area (Å²) in [5.74, 6) is 0. The van der Waals surface area contributed by atoms with Crippen LogP contribution in [0.15, 0.2) is 24.3 Å². The highest BCUT2D eigenvalue weighted by Gasteiger charge is 2.06. The molecule has 0 N–H and O–H groups in total. The van der Waals surface area contributed by atoms with Gasteiger partial charge in [0.15, 0.2) is 0 Å². The van der Waals surface area contributed by atoms with Crippen LogP contribution >= 0.6 is 15.9 Å². The van der Waals surface area contributed by atoms with E-state index >= 15 is 0 Å². The van der Waals surface area contributed by atoms with Crippen molar-refractivity contribution in [3.8, 4) is 0 Å². The van der Waals surface area contributed by atoms with Crippen molar-refractivity contribution >= 4 is 15.9 Å². The number of hydrogen-bond acceptors (Lipinski definition) is 0. The molecule has 0 saturated heterocycles. The minimum Gasteiger partial charge on any atom is -0.0839 e. The number of hydrogen-bond donors (Lipinski definition) is 0. The monoisotopic (exact) mass is 282 g/mol. The van der Waals surface area contributed by atoms with Crippen molar-refractivity contribution in [3.63, 3.8) is 0 Å². The zero-order chi connectivity index (χ0) is 11.8. The van der Waals surface area contributed by atoms with E-state index in [1.807, 2.05) is 0 Å². The van der Waals surface area contributed by atoms with Crippen molar-refractivity contribution in [3.05, 3.63) is 35.4 Å². The van der Waals surface area contributed by atoms with Gasteiger partial charge in [-0.25, -0.2) is 0 Å². The van der Waals surface area contributed by atoms with Crippen LogP contribution in [0.4, 0.5) is 0 Å². The normalized spacial score (nSPS) is 12.7. The van der Waals surface area contributed by atoms with Crippen LogP contribution in [0.25, 0.3) is 0 Å². The maximum Gasteiger partial charge on any atom is 0.0395 e. The van der Waals surface area contributed by atoms with Gasteiger partial charge < -0.3 is 0 Å². The van der Waals surface area contributed by atoms with Crippen molar-refractivity contribution in [1.82, 2.24) is 0 Å². The minimum absolute atomic E-state index is 0.535. The summed E-state index contributed by atoms with van der Waals surface area (Å²) in [6, 6.07) is 9.12. The quantitative estimate of drug-likeness (QED) is 0.567. The molecular weight excluding hydrogens is 260 g/mol. The Kier molecular flexibility index (Phi) is 6.79. The molecule has 0 aliphatic heterocycles. The van der Waals surface area contributed by atoms with Crippen molar-refractivity contribution in [2.75, 3.05) is 0 Å². The van der Waals surface area contributed by atoms with E-state index in [0.717, 1.165) is 0 Å². The molecular formula is C15H23Br. The molecule has 0 bridgehead atoms. The Hall–Kier alpha value is -0.300. The van der Waals surface area contributed by atoms with Gasteiger partial charge in [-0.3, -0.25) is 0 Å². The lowest BCUT2D eigenvalue weighted by Crippen LogP contribution is -1.91. The lowest BCUT2D eigenvalue weighted by Gasteiger charge is -2.10. The Balaban J connectivity index is 2.49. The molecule has 0 aromatic heterocycles. The fraction of sp³-hybridized carbons (Fsp3) is 0.600. The fourth-order valence-electron chi connectivity index (χ4n) is 1.82. The molecule has 0 aliphatic rings. The summed E-state index contributed by atoms with van der Waals surface area (Å²) in [6.45, 7) is 4.49. The SMILES string of the molecule is CCCCc1ccc(C(Br)CCCC)cc1. The third kappa shape index (κ3) is 4.69. The zero-order valence-corrected chi connectivity index (χ0v) is 12.1. The highest BCUT2D eigenvalue weighted by Crippen LogP contribution is 2.28. The van der Waals surface area contributed by atoms with E-state index in [-0.39, 0.29) is 0 Å². The van der Waals surface area contributed by atoms with Gasteiger partial charge in [0.25, 0.3) is 0 Å². The van der Waals surface area contributed by atoms with E-state index in [1.165, 1.54) is 49.7 Å². The largest absolute Gasteiger partial charge is 0.0839 e. The molecule has 0 nitrogen and oxygen atoms in total. The van der Waals surface area contributed by atoms with Gasteiger partial charge in [-0.2, -0.15) is 0 Å². The zero-order valence-electron chi connectivity index (χ0n) is 10.5. The van der Waals surface area contributed by atoms with Gasteiger partial charge in [0.2, 0.25) is 0 Å². The van der Waals surface area contributed by atoms with Gasteiger partial charge in [-0.1, -0.05) is 73.3 Å². The van der Waals surface area contributed by atoms with Crippen LogP contribution in [-0.4, -0.2) is 0 Å². The molecule has 0 spiro atoms. The topological polar surface area (TPSA) is 0 Å². The van der Waals surface area contributed by atoms with Crippen LogP contribution < -0.4 is 0 Å². The van der Waals surface area contributed by atoms with E-state index in [2.05, 4.69) is 54.0 Å². The maximum atomic E-state index is 3.76. The first kappa shape index (κ1) is 13.8. The first-order valence-electron chi connectivity index (χ1n) is 6.50. The lowest BCUT2D eigenvalue weighted by atomic mass is 10.0. The van der Waals surface area contributed by atoms with E-state index in [4.69, 9.17) is 0 Å². The van der Waals surface area contributed by atoms with Crippen LogP contribution in [-0.2, 0) is 6.42 Å². The van der Waals surface area contributed by atoms with Crippen LogP contribution in [0.2, 0.25) is 0 Å². The first-order valence-corrected chi connectivity index (χ1v) is 7.42. The molecule has 1 rings (SSSR count). The molecule has 0 heterocycles. The number of aryl methyl sites for hydroxylation is 1. The molecule has 0 fully saturated rings. The molecule has 1 atom stereocenters. The van der Waals surface area contributed by atoms with Crippen molar-refractivity contribution in [2.45, 2.75) is 57.2 Å². The second-order valence-corrected chi connectivity index (χ2v) is 5.56. The maximum absolute atomic E-state index is 3.76. The van der Waals surface area contributed by atoms with Crippen molar-refractivity contribution < 1.29 is 0 Å². The van der Waals surface area contributed by atoms with Gasteiger partial charge in [-0.05, 0) is 30.4 Å². The number of rotatable bonds is 7. The third-order valence-corrected chi connectivity index (χ3v) is 3.96. The van der Waals surface area contributed by atoms with Gasteiger partial charge in [0.1, 0.15) is 0 Å². The molecule has 1 heteroatoms. The summed E-state index contributed by atoms with van der Waals surface area (Å²) in [7, 11) is 0. The molecule has 90 valence electrons. The standard InChI is InChI=1S/C15H23Br/c1-3-5-7-13-9-11-14(12-10-13)15(16)8-6-4-2/h9-12,15H,3-8H2,1-2H3. The Bertz CT molecular complexity index is 276. The van der Waals surface area contributed by atoms with Gasteiger partial charge >= 0.3 is 0 Å². The third-order valence-electron chi connectivity index (χ3n) is 2.97. The van der Waals surface area contributed by atoms with Gasteiger partial charge in [0, 0.05) is 4.83 Å². The highest BCUT2D eigenvalue weighted by molar-refractivity contribution is 9.09. The molecule has 0 saturated carbocycles. The van der Waals surface area contributed by atoms with Crippen LogP contribution in [0.5, 0.6) is 0 Å². The smallest absolute Gasteiger partial charge is 0.0395 e. The summed E-state index contributed by atoms with van der Waals surface area (Å²) >= 11 is 3.76. The predicted molar refractivity (Wildman–Crippen MR) is 76.2 cm³/mol. The average Bonchev–Trinajstić information content (AvgIpc) is 2.34. The van der Waals surface area contributed by atoms with E-state index in [0.29, 0.717) is 4.83 Å². The molecule has 0 radical (unpaired) electrons.